The predicted octanol–water partition coefficient (Wildman–Crippen LogP) is 4.50. The molecule has 2 amide bonds. The molecule has 2 atom stereocenters. The number of nitrogens with one attached hydrogen (secondary N) is 1. The maximum atomic E-state index is 12.8. The van der Waals surface area contributed by atoms with E-state index in [9.17, 15) is 9.59 Å². The van der Waals surface area contributed by atoms with E-state index in [1.165, 1.54) is 5.56 Å². The van der Waals surface area contributed by atoms with Crippen molar-refractivity contribution in [1.29, 1.82) is 0 Å². The highest BCUT2D eigenvalue weighted by molar-refractivity contribution is 8.00. The van der Waals surface area contributed by atoms with Gasteiger partial charge in [0.15, 0.2) is 0 Å². The van der Waals surface area contributed by atoms with Crippen LogP contribution in [0.3, 0.4) is 0 Å². The van der Waals surface area contributed by atoms with Gasteiger partial charge in [-0.2, -0.15) is 0 Å². The van der Waals surface area contributed by atoms with E-state index in [1.807, 2.05) is 30.0 Å². The molecule has 1 N–H and O–H groups in total. The topological polar surface area (TPSA) is 49.4 Å². The van der Waals surface area contributed by atoms with E-state index < -0.39 is 0 Å². The summed E-state index contributed by atoms with van der Waals surface area (Å²) in [6.45, 7) is 8.30. The summed E-state index contributed by atoms with van der Waals surface area (Å²) in [7, 11) is 0. The Labute approximate surface area is 155 Å². The standard InChI is InChI=1S/C20H30N2O2S/c1-5-7-9-18(23)22-17(13-25-19(22)8-6-2)20(24)21-16-11-10-14(3)15(4)12-16/h10-12,17,19H,5-9,13H2,1-4H3,(H,21,24). The fourth-order valence-electron chi connectivity index (χ4n) is 3.07. The van der Waals surface area contributed by atoms with Gasteiger partial charge in [-0.3, -0.25) is 9.59 Å². The SMILES string of the molecule is CCCCC(=O)N1C(CCC)SCC1C(=O)Nc1ccc(C)c(C)c1. The lowest BCUT2D eigenvalue weighted by atomic mass is 10.1. The number of aryl methyl sites for hydroxylation is 2. The summed E-state index contributed by atoms with van der Waals surface area (Å²) in [6, 6.07) is 5.56. The molecule has 0 aliphatic carbocycles. The number of benzene rings is 1. The number of nitrogens with zero attached hydrogens (tertiary/aromatic N) is 1. The van der Waals surface area contributed by atoms with Crippen molar-refractivity contribution in [2.75, 3.05) is 11.1 Å². The van der Waals surface area contributed by atoms with Gasteiger partial charge in [-0.05, 0) is 49.9 Å². The van der Waals surface area contributed by atoms with Gasteiger partial charge >= 0.3 is 0 Å². The molecule has 0 bridgehead atoms. The Bertz CT molecular complexity index is 618. The fraction of sp³-hybridized carbons (Fsp3) is 0.600. The predicted molar refractivity (Wildman–Crippen MR) is 106 cm³/mol. The molecular formula is C20H30N2O2S. The van der Waals surface area contributed by atoms with Crippen LogP contribution in [0.5, 0.6) is 0 Å². The van der Waals surface area contributed by atoms with Gasteiger partial charge in [-0.1, -0.05) is 32.8 Å². The zero-order chi connectivity index (χ0) is 18.4. The lowest BCUT2D eigenvalue weighted by Gasteiger charge is -2.29. The summed E-state index contributed by atoms with van der Waals surface area (Å²) in [4.78, 5) is 27.4. The first kappa shape index (κ1) is 19.8. The van der Waals surface area contributed by atoms with Gasteiger partial charge in [0, 0.05) is 17.9 Å². The first-order chi connectivity index (χ1) is 12.0. The van der Waals surface area contributed by atoms with Crippen LogP contribution in [0.25, 0.3) is 0 Å². The summed E-state index contributed by atoms with van der Waals surface area (Å²) >= 11 is 1.73. The van der Waals surface area contributed by atoms with Gasteiger partial charge in [0.1, 0.15) is 6.04 Å². The number of carbonyl (C=O) groups excluding carboxylic acids is 2. The highest BCUT2D eigenvalue weighted by Crippen LogP contribution is 2.33. The van der Waals surface area contributed by atoms with E-state index in [1.54, 1.807) is 11.8 Å². The second kappa shape index (κ2) is 9.27. The molecule has 25 heavy (non-hydrogen) atoms. The number of rotatable bonds is 7. The van der Waals surface area contributed by atoms with Gasteiger partial charge in [0.05, 0.1) is 5.37 Å². The van der Waals surface area contributed by atoms with Crippen LogP contribution in [-0.2, 0) is 9.59 Å². The van der Waals surface area contributed by atoms with Crippen LogP contribution in [0.4, 0.5) is 5.69 Å². The van der Waals surface area contributed by atoms with Crippen molar-refractivity contribution in [2.24, 2.45) is 0 Å². The molecule has 1 saturated heterocycles. The largest absolute Gasteiger partial charge is 0.324 e. The fourth-order valence-corrected chi connectivity index (χ4v) is 4.62. The molecule has 0 spiro atoms. The molecule has 1 aromatic carbocycles. The first-order valence-electron chi connectivity index (χ1n) is 9.28. The van der Waals surface area contributed by atoms with E-state index in [4.69, 9.17) is 0 Å². The number of carbonyl (C=O) groups is 2. The number of amides is 2. The average Bonchev–Trinajstić information content (AvgIpc) is 3.00. The molecule has 0 aromatic heterocycles. The van der Waals surface area contributed by atoms with Crippen molar-refractivity contribution >= 4 is 29.3 Å². The van der Waals surface area contributed by atoms with Crippen LogP contribution < -0.4 is 5.32 Å². The van der Waals surface area contributed by atoms with Crippen molar-refractivity contribution in [3.05, 3.63) is 29.3 Å². The maximum Gasteiger partial charge on any atom is 0.248 e. The van der Waals surface area contributed by atoms with Crippen LogP contribution in [0.2, 0.25) is 0 Å². The maximum absolute atomic E-state index is 12.8. The second-order valence-electron chi connectivity index (χ2n) is 6.79. The highest BCUT2D eigenvalue weighted by atomic mass is 32.2. The van der Waals surface area contributed by atoms with Crippen LogP contribution >= 0.6 is 11.8 Å². The van der Waals surface area contributed by atoms with Gasteiger partial charge in [-0.15, -0.1) is 11.8 Å². The molecule has 0 radical (unpaired) electrons. The van der Waals surface area contributed by atoms with Gasteiger partial charge < -0.3 is 10.2 Å². The Morgan fingerprint density at radius 3 is 2.60 bits per heavy atom. The lowest BCUT2D eigenvalue weighted by Crippen LogP contribution is -2.47. The van der Waals surface area contributed by atoms with E-state index in [-0.39, 0.29) is 23.2 Å². The van der Waals surface area contributed by atoms with Gasteiger partial charge in [-0.25, -0.2) is 0 Å². The molecule has 1 aliphatic rings. The molecule has 1 aromatic rings. The first-order valence-corrected chi connectivity index (χ1v) is 10.3. The van der Waals surface area contributed by atoms with Crippen LogP contribution in [0.1, 0.15) is 57.1 Å². The molecule has 2 unspecified atom stereocenters. The van der Waals surface area contributed by atoms with Crippen molar-refractivity contribution in [1.82, 2.24) is 4.90 Å². The van der Waals surface area contributed by atoms with Crippen LogP contribution in [0, 0.1) is 13.8 Å². The van der Waals surface area contributed by atoms with E-state index >= 15 is 0 Å². The monoisotopic (exact) mass is 362 g/mol. The van der Waals surface area contributed by atoms with Gasteiger partial charge in [0.25, 0.3) is 0 Å². The summed E-state index contributed by atoms with van der Waals surface area (Å²) in [5, 5.41) is 3.14. The lowest BCUT2D eigenvalue weighted by molar-refractivity contribution is -0.138. The molecule has 138 valence electrons. The summed E-state index contributed by atoms with van der Waals surface area (Å²) in [6.07, 6.45) is 4.36. The second-order valence-corrected chi connectivity index (χ2v) is 8.00. The quantitative estimate of drug-likeness (QED) is 0.777. The summed E-state index contributed by atoms with van der Waals surface area (Å²) in [5.41, 5.74) is 3.16. The third-order valence-corrected chi connectivity index (χ3v) is 6.09. The summed E-state index contributed by atoms with van der Waals surface area (Å²) in [5.74, 6) is 0.726. The summed E-state index contributed by atoms with van der Waals surface area (Å²) < 4.78 is 0. The van der Waals surface area contributed by atoms with Gasteiger partial charge in [0.2, 0.25) is 11.8 Å². The van der Waals surface area contributed by atoms with E-state index in [2.05, 4.69) is 26.1 Å². The minimum absolute atomic E-state index is 0.0702. The Kier molecular flexibility index (Phi) is 7.36. The molecule has 2 rings (SSSR count). The van der Waals surface area contributed by atoms with Crippen LogP contribution in [-0.4, -0.2) is 33.9 Å². The van der Waals surface area contributed by atoms with Crippen molar-refractivity contribution < 1.29 is 9.59 Å². The molecular weight excluding hydrogens is 332 g/mol. The number of hydrogen-bond donors (Lipinski definition) is 1. The normalized spacial score (nSPS) is 19.9. The molecule has 1 heterocycles. The minimum atomic E-state index is -0.368. The zero-order valence-corrected chi connectivity index (χ0v) is 16.6. The molecule has 4 nitrogen and oxygen atoms in total. The zero-order valence-electron chi connectivity index (χ0n) is 15.8. The Morgan fingerprint density at radius 2 is 1.96 bits per heavy atom. The number of unbranched alkanes of at least 4 members (excludes halogenated alkanes) is 1. The van der Waals surface area contributed by atoms with E-state index in [0.717, 1.165) is 36.9 Å². The number of thioether (sulfide) groups is 1. The molecule has 5 heteroatoms. The van der Waals surface area contributed by atoms with E-state index in [0.29, 0.717) is 12.2 Å². The van der Waals surface area contributed by atoms with Crippen molar-refractivity contribution in [2.45, 2.75) is 71.2 Å². The Morgan fingerprint density at radius 1 is 1.20 bits per heavy atom. The van der Waals surface area contributed by atoms with Crippen molar-refractivity contribution in [3.8, 4) is 0 Å². The minimum Gasteiger partial charge on any atom is -0.324 e. The third kappa shape index (κ3) is 5.00. The highest BCUT2D eigenvalue weighted by Gasteiger charge is 2.40. The molecule has 1 aliphatic heterocycles. The van der Waals surface area contributed by atoms with Crippen molar-refractivity contribution in [3.63, 3.8) is 0 Å². The van der Waals surface area contributed by atoms with Crippen LogP contribution in [0.15, 0.2) is 18.2 Å². The number of hydrogen-bond acceptors (Lipinski definition) is 3. The smallest absolute Gasteiger partial charge is 0.248 e. The number of anilines is 1. The average molecular weight is 363 g/mol. The molecule has 0 saturated carbocycles. The Hall–Kier alpha value is -1.49. The molecule has 1 fully saturated rings. The third-order valence-electron chi connectivity index (χ3n) is 4.74. The Balaban J connectivity index is 2.11.